The van der Waals surface area contributed by atoms with Crippen LogP contribution in [0.5, 0.6) is 0 Å². The SMILES string of the molecule is CC(C)CCCC(O)O. The van der Waals surface area contributed by atoms with Gasteiger partial charge in [-0.05, 0) is 18.8 Å². The van der Waals surface area contributed by atoms with Crippen molar-refractivity contribution in [2.45, 2.75) is 39.4 Å². The first-order valence-electron chi connectivity index (χ1n) is 3.49. The van der Waals surface area contributed by atoms with Crippen LogP contribution in [0.4, 0.5) is 0 Å². The Balaban J connectivity index is 2.91. The molecule has 0 unspecified atom stereocenters. The van der Waals surface area contributed by atoms with E-state index in [1.165, 1.54) is 0 Å². The Kier molecular flexibility index (Phi) is 4.72. The van der Waals surface area contributed by atoms with E-state index in [9.17, 15) is 0 Å². The molecule has 2 heteroatoms. The van der Waals surface area contributed by atoms with Gasteiger partial charge in [0, 0.05) is 0 Å². The molecule has 0 aliphatic carbocycles. The molecule has 0 radical (unpaired) electrons. The molecule has 0 heterocycles. The van der Waals surface area contributed by atoms with Crippen LogP contribution in [0.25, 0.3) is 0 Å². The van der Waals surface area contributed by atoms with E-state index in [1.54, 1.807) is 0 Å². The Bertz CT molecular complexity index is 51.9. The molecule has 2 nitrogen and oxygen atoms in total. The first kappa shape index (κ1) is 8.92. The third-order valence-corrected chi connectivity index (χ3v) is 1.24. The highest BCUT2D eigenvalue weighted by Gasteiger charge is 1.98. The summed E-state index contributed by atoms with van der Waals surface area (Å²) in [6, 6.07) is 0. The van der Waals surface area contributed by atoms with Gasteiger partial charge in [-0.1, -0.05) is 20.3 Å². The van der Waals surface area contributed by atoms with Gasteiger partial charge < -0.3 is 10.2 Å². The number of rotatable bonds is 4. The van der Waals surface area contributed by atoms with Crippen LogP contribution in [0.1, 0.15) is 33.1 Å². The van der Waals surface area contributed by atoms with Crippen LogP contribution in [0.3, 0.4) is 0 Å². The van der Waals surface area contributed by atoms with Crippen molar-refractivity contribution in [3.63, 3.8) is 0 Å². The van der Waals surface area contributed by atoms with E-state index in [-0.39, 0.29) is 0 Å². The molecule has 56 valence electrons. The van der Waals surface area contributed by atoms with Crippen LogP contribution >= 0.6 is 0 Å². The van der Waals surface area contributed by atoms with Crippen LogP contribution < -0.4 is 0 Å². The lowest BCUT2D eigenvalue weighted by molar-refractivity contribution is -0.0469. The Morgan fingerprint density at radius 2 is 1.67 bits per heavy atom. The molecule has 0 aromatic rings. The van der Waals surface area contributed by atoms with Gasteiger partial charge in [0.25, 0.3) is 0 Å². The predicted octanol–water partition coefficient (Wildman–Crippen LogP) is 1.12. The Hall–Kier alpha value is -0.0800. The lowest BCUT2D eigenvalue weighted by atomic mass is 10.1. The zero-order chi connectivity index (χ0) is 7.28. The molecule has 0 aromatic heterocycles. The summed E-state index contributed by atoms with van der Waals surface area (Å²) in [7, 11) is 0. The predicted molar refractivity (Wildman–Crippen MR) is 36.9 cm³/mol. The maximum Gasteiger partial charge on any atom is 0.151 e. The third-order valence-electron chi connectivity index (χ3n) is 1.24. The van der Waals surface area contributed by atoms with E-state index in [0.29, 0.717) is 12.3 Å². The molecule has 0 atom stereocenters. The molecule has 0 rings (SSSR count). The van der Waals surface area contributed by atoms with Crippen molar-refractivity contribution >= 4 is 0 Å². The highest BCUT2D eigenvalue weighted by atomic mass is 16.5. The summed E-state index contributed by atoms with van der Waals surface area (Å²) >= 11 is 0. The maximum absolute atomic E-state index is 8.42. The first-order valence-corrected chi connectivity index (χ1v) is 3.49. The Morgan fingerprint density at radius 3 is 2.00 bits per heavy atom. The van der Waals surface area contributed by atoms with Crippen LogP contribution in [0.15, 0.2) is 0 Å². The van der Waals surface area contributed by atoms with Crippen molar-refractivity contribution in [3.8, 4) is 0 Å². The minimum Gasteiger partial charge on any atom is -0.368 e. The molecule has 0 saturated carbocycles. The van der Waals surface area contributed by atoms with Crippen molar-refractivity contribution in [3.05, 3.63) is 0 Å². The van der Waals surface area contributed by atoms with Crippen molar-refractivity contribution in [2.75, 3.05) is 0 Å². The molecule has 0 bridgehead atoms. The molecule has 0 fully saturated rings. The highest BCUT2D eigenvalue weighted by Crippen LogP contribution is 2.06. The van der Waals surface area contributed by atoms with Gasteiger partial charge in [-0.3, -0.25) is 0 Å². The largest absolute Gasteiger partial charge is 0.368 e. The fourth-order valence-corrected chi connectivity index (χ4v) is 0.709. The highest BCUT2D eigenvalue weighted by molar-refractivity contribution is 4.46. The van der Waals surface area contributed by atoms with E-state index in [0.717, 1.165) is 12.8 Å². The number of hydrogen-bond donors (Lipinski definition) is 2. The number of aliphatic hydroxyl groups excluding tert-OH is 1. The second kappa shape index (κ2) is 4.77. The van der Waals surface area contributed by atoms with E-state index in [1.807, 2.05) is 0 Å². The van der Waals surface area contributed by atoms with Crippen molar-refractivity contribution in [1.82, 2.24) is 0 Å². The summed E-state index contributed by atoms with van der Waals surface area (Å²) in [5.74, 6) is 0.670. The number of aliphatic hydroxyl groups is 2. The second-order valence-corrected chi connectivity index (χ2v) is 2.81. The second-order valence-electron chi connectivity index (χ2n) is 2.81. The van der Waals surface area contributed by atoms with Gasteiger partial charge in [-0.15, -0.1) is 0 Å². The average Bonchev–Trinajstić information content (AvgIpc) is 1.63. The summed E-state index contributed by atoms with van der Waals surface area (Å²) in [6.07, 6.45) is 1.40. The molecule has 0 amide bonds. The van der Waals surface area contributed by atoms with E-state index in [2.05, 4.69) is 13.8 Å². The molecule has 0 aromatic carbocycles. The van der Waals surface area contributed by atoms with Gasteiger partial charge >= 0.3 is 0 Å². The molecule has 2 N–H and O–H groups in total. The molecule has 0 saturated heterocycles. The van der Waals surface area contributed by atoms with Gasteiger partial charge in [0.2, 0.25) is 0 Å². The van der Waals surface area contributed by atoms with Crippen LogP contribution in [0.2, 0.25) is 0 Å². The number of hydrogen-bond acceptors (Lipinski definition) is 2. The standard InChI is InChI=1S/C7H16O2/c1-6(2)4-3-5-7(8)9/h6-9H,3-5H2,1-2H3. The average molecular weight is 132 g/mol. The Morgan fingerprint density at radius 1 is 1.11 bits per heavy atom. The normalized spacial score (nSPS) is 11.3. The van der Waals surface area contributed by atoms with Gasteiger partial charge in [-0.2, -0.15) is 0 Å². The molecule has 9 heavy (non-hydrogen) atoms. The van der Waals surface area contributed by atoms with Crippen molar-refractivity contribution < 1.29 is 10.2 Å². The van der Waals surface area contributed by atoms with Crippen molar-refractivity contribution in [1.29, 1.82) is 0 Å². The van der Waals surface area contributed by atoms with E-state index in [4.69, 9.17) is 10.2 Å². The lowest BCUT2D eigenvalue weighted by Crippen LogP contribution is -2.03. The smallest absolute Gasteiger partial charge is 0.151 e. The monoisotopic (exact) mass is 132 g/mol. The van der Waals surface area contributed by atoms with Crippen LogP contribution in [-0.4, -0.2) is 16.5 Å². The third kappa shape index (κ3) is 7.92. The summed E-state index contributed by atoms with van der Waals surface area (Å²) in [6.45, 7) is 4.26. The van der Waals surface area contributed by atoms with E-state index < -0.39 is 6.29 Å². The van der Waals surface area contributed by atoms with Gasteiger partial charge in [0.15, 0.2) is 6.29 Å². The Labute approximate surface area is 56.5 Å². The lowest BCUT2D eigenvalue weighted by Gasteiger charge is -2.04. The van der Waals surface area contributed by atoms with Gasteiger partial charge in [0.1, 0.15) is 0 Å². The molecular formula is C7H16O2. The fourth-order valence-electron chi connectivity index (χ4n) is 0.709. The molecule has 0 aliphatic rings. The van der Waals surface area contributed by atoms with Gasteiger partial charge in [-0.25, -0.2) is 0 Å². The maximum atomic E-state index is 8.42. The minimum atomic E-state index is -1.11. The minimum absolute atomic E-state index is 0.512. The van der Waals surface area contributed by atoms with Crippen molar-refractivity contribution in [2.24, 2.45) is 5.92 Å². The molecular weight excluding hydrogens is 116 g/mol. The molecule has 0 spiro atoms. The fraction of sp³-hybridized carbons (Fsp3) is 1.00. The summed E-state index contributed by atoms with van der Waals surface area (Å²) in [5, 5.41) is 16.8. The van der Waals surface area contributed by atoms with E-state index >= 15 is 0 Å². The zero-order valence-corrected chi connectivity index (χ0v) is 6.17. The summed E-state index contributed by atoms with van der Waals surface area (Å²) in [4.78, 5) is 0. The summed E-state index contributed by atoms with van der Waals surface area (Å²) < 4.78 is 0. The van der Waals surface area contributed by atoms with Crippen LogP contribution in [-0.2, 0) is 0 Å². The van der Waals surface area contributed by atoms with Crippen LogP contribution in [0, 0.1) is 5.92 Å². The zero-order valence-electron chi connectivity index (χ0n) is 6.17. The topological polar surface area (TPSA) is 40.5 Å². The van der Waals surface area contributed by atoms with Gasteiger partial charge in [0.05, 0.1) is 0 Å². The molecule has 0 aliphatic heterocycles. The first-order chi connectivity index (χ1) is 4.13. The quantitative estimate of drug-likeness (QED) is 0.563. The summed E-state index contributed by atoms with van der Waals surface area (Å²) in [5.41, 5.74) is 0.